The fraction of sp³-hybridized carbons (Fsp3) is 0.467. The molecule has 6 heteroatoms. The number of hydrogen-bond donors (Lipinski definition) is 1. The van der Waals surface area contributed by atoms with Crippen molar-refractivity contribution in [3.63, 3.8) is 0 Å². The Bertz CT molecular complexity index is 561. The molecule has 1 fully saturated rings. The average Bonchev–Trinajstić information content (AvgIpc) is 2.45. The number of nitrogens with zero attached hydrogens (tertiary/aromatic N) is 1. The number of carboxylic acid groups (broad SMARTS) is 1. The molecule has 2 unspecified atom stereocenters. The van der Waals surface area contributed by atoms with Crippen LogP contribution in [0.25, 0.3) is 0 Å². The van der Waals surface area contributed by atoms with Crippen LogP contribution in [0.15, 0.2) is 22.7 Å². The van der Waals surface area contributed by atoms with E-state index in [0.29, 0.717) is 17.9 Å². The number of ether oxygens (including phenoxy) is 1. The highest BCUT2D eigenvalue weighted by molar-refractivity contribution is 9.10. The summed E-state index contributed by atoms with van der Waals surface area (Å²) in [4.78, 5) is 25.7. The van der Waals surface area contributed by atoms with Gasteiger partial charge in [0.05, 0.1) is 12.7 Å². The lowest BCUT2D eigenvalue weighted by atomic mass is 9.90. The molecule has 1 saturated heterocycles. The number of piperidine rings is 1. The van der Waals surface area contributed by atoms with Crippen molar-refractivity contribution >= 4 is 27.8 Å². The van der Waals surface area contributed by atoms with Crippen molar-refractivity contribution in [1.82, 2.24) is 4.90 Å². The second-order valence-corrected chi connectivity index (χ2v) is 6.16. The first kappa shape index (κ1) is 15.8. The summed E-state index contributed by atoms with van der Waals surface area (Å²) in [7, 11) is 1.49. The third kappa shape index (κ3) is 3.20. The van der Waals surface area contributed by atoms with E-state index in [0.717, 1.165) is 17.3 Å². The molecule has 0 spiro atoms. The van der Waals surface area contributed by atoms with Gasteiger partial charge in [0.2, 0.25) is 0 Å². The minimum absolute atomic E-state index is 0.0540. The highest BCUT2D eigenvalue weighted by Gasteiger charge is 2.38. The van der Waals surface area contributed by atoms with E-state index in [4.69, 9.17) is 4.74 Å². The predicted molar refractivity (Wildman–Crippen MR) is 81.6 cm³/mol. The van der Waals surface area contributed by atoms with Crippen LogP contribution in [-0.2, 0) is 4.79 Å². The van der Waals surface area contributed by atoms with Crippen molar-refractivity contribution in [1.29, 1.82) is 0 Å². The Morgan fingerprint density at radius 1 is 1.43 bits per heavy atom. The van der Waals surface area contributed by atoms with E-state index < -0.39 is 12.0 Å². The number of carbonyl (C=O) groups excluding carboxylic acids is 1. The van der Waals surface area contributed by atoms with E-state index >= 15 is 0 Å². The Morgan fingerprint density at radius 2 is 2.14 bits per heavy atom. The number of aliphatic carboxylic acids is 1. The summed E-state index contributed by atoms with van der Waals surface area (Å²) in [5, 5.41) is 9.41. The van der Waals surface area contributed by atoms with Crippen molar-refractivity contribution in [3.8, 4) is 5.75 Å². The van der Waals surface area contributed by atoms with Crippen LogP contribution < -0.4 is 4.74 Å². The second kappa shape index (κ2) is 6.47. The molecule has 0 aliphatic carbocycles. The van der Waals surface area contributed by atoms with E-state index in [1.807, 2.05) is 6.92 Å². The first-order valence-electron chi connectivity index (χ1n) is 6.83. The third-order valence-electron chi connectivity index (χ3n) is 3.84. The van der Waals surface area contributed by atoms with Gasteiger partial charge in [0.15, 0.2) is 0 Å². The number of likely N-dealkylation sites (tertiary alicyclic amines) is 1. The van der Waals surface area contributed by atoms with Gasteiger partial charge in [-0.25, -0.2) is 4.79 Å². The van der Waals surface area contributed by atoms with Crippen molar-refractivity contribution in [2.45, 2.75) is 25.8 Å². The highest BCUT2D eigenvalue weighted by atomic mass is 79.9. The van der Waals surface area contributed by atoms with Gasteiger partial charge in [0, 0.05) is 11.0 Å². The van der Waals surface area contributed by atoms with Crippen LogP contribution in [0.4, 0.5) is 0 Å². The van der Waals surface area contributed by atoms with E-state index in [1.165, 1.54) is 12.0 Å². The Morgan fingerprint density at radius 3 is 2.76 bits per heavy atom. The van der Waals surface area contributed by atoms with Crippen LogP contribution in [0.5, 0.6) is 5.75 Å². The Balaban J connectivity index is 2.36. The number of halogens is 1. The summed E-state index contributed by atoms with van der Waals surface area (Å²) >= 11 is 3.33. The average molecular weight is 356 g/mol. The molecule has 0 bridgehead atoms. The molecule has 0 radical (unpaired) electrons. The molecule has 2 rings (SSSR count). The van der Waals surface area contributed by atoms with Crippen LogP contribution >= 0.6 is 15.9 Å². The normalized spacial score (nSPS) is 22.0. The van der Waals surface area contributed by atoms with Crippen LogP contribution in [0, 0.1) is 5.92 Å². The fourth-order valence-corrected chi connectivity index (χ4v) is 3.13. The zero-order valence-electron chi connectivity index (χ0n) is 12.0. The summed E-state index contributed by atoms with van der Waals surface area (Å²) < 4.78 is 6.04. The fourth-order valence-electron chi connectivity index (χ4n) is 2.79. The maximum atomic E-state index is 12.7. The number of benzene rings is 1. The molecule has 2 atom stereocenters. The van der Waals surface area contributed by atoms with Gasteiger partial charge in [0.1, 0.15) is 11.8 Å². The molecule has 0 saturated carbocycles. The number of hydrogen-bond acceptors (Lipinski definition) is 3. The van der Waals surface area contributed by atoms with Gasteiger partial charge in [-0.1, -0.05) is 22.9 Å². The molecular weight excluding hydrogens is 338 g/mol. The number of amides is 1. The first-order chi connectivity index (χ1) is 9.95. The van der Waals surface area contributed by atoms with Gasteiger partial charge in [-0.15, -0.1) is 0 Å². The lowest BCUT2D eigenvalue weighted by Gasteiger charge is -2.37. The zero-order valence-corrected chi connectivity index (χ0v) is 13.6. The summed E-state index contributed by atoms with van der Waals surface area (Å²) in [5.41, 5.74) is 0.390. The van der Waals surface area contributed by atoms with E-state index in [9.17, 15) is 14.7 Å². The maximum absolute atomic E-state index is 12.7. The summed E-state index contributed by atoms with van der Waals surface area (Å²) in [5.74, 6) is -0.858. The van der Waals surface area contributed by atoms with Crippen LogP contribution in [0.3, 0.4) is 0 Å². The molecule has 114 valence electrons. The number of rotatable bonds is 3. The third-order valence-corrected chi connectivity index (χ3v) is 4.33. The highest BCUT2D eigenvalue weighted by Crippen LogP contribution is 2.29. The standard InChI is InChI=1S/C15H18BrNO4/c1-9-4-3-7-17(13(9)15(19)20)14(18)11-6-5-10(16)8-12(11)21-2/h5-6,8-9,13H,3-4,7H2,1-2H3,(H,19,20). The van der Waals surface area contributed by atoms with Gasteiger partial charge in [0.25, 0.3) is 5.91 Å². The van der Waals surface area contributed by atoms with E-state index in [1.54, 1.807) is 18.2 Å². The smallest absolute Gasteiger partial charge is 0.326 e. The van der Waals surface area contributed by atoms with Crippen LogP contribution in [0.2, 0.25) is 0 Å². The second-order valence-electron chi connectivity index (χ2n) is 5.25. The minimum atomic E-state index is -0.952. The molecule has 1 heterocycles. The Kier molecular flexibility index (Phi) is 4.88. The SMILES string of the molecule is COc1cc(Br)ccc1C(=O)N1CCCC(C)C1C(=O)O. The molecule has 0 aromatic heterocycles. The van der Waals surface area contributed by atoms with E-state index in [-0.39, 0.29) is 11.8 Å². The minimum Gasteiger partial charge on any atom is -0.496 e. The molecule has 5 nitrogen and oxygen atoms in total. The number of methoxy groups -OCH3 is 1. The molecule has 1 aliphatic heterocycles. The summed E-state index contributed by atoms with van der Waals surface area (Å²) in [6.07, 6.45) is 1.63. The van der Waals surface area contributed by atoms with Gasteiger partial charge in [-0.05, 0) is 37.0 Å². The van der Waals surface area contributed by atoms with Gasteiger partial charge in [-0.2, -0.15) is 0 Å². The number of carboxylic acids is 1. The van der Waals surface area contributed by atoms with Gasteiger partial charge < -0.3 is 14.7 Å². The lowest BCUT2D eigenvalue weighted by Crippen LogP contribution is -2.52. The largest absolute Gasteiger partial charge is 0.496 e. The number of carbonyl (C=O) groups is 2. The van der Waals surface area contributed by atoms with Crippen molar-refractivity contribution < 1.29 is 19.4 Å². The molecule has 1 aromatic carbocycles. The van der Waals surface area contributed by atoms with Crippen molar-refractivity contribution in [2.75, 3.05) is 13.7 Å². The first-order valence-corrected chi connectivity index (χ1v) is 7.62. The molecule has 1 aromatic rings. The lowest BCUT2D eigenvalue weighted by molar-refractivity contribution is -0.145. The van der Waals surface area contributed by atoms with Crippen molar-refractivity contribution in [2.24, 2.45) is 5.92 Å². The predicted octanol–water partition coefficient (Wildman–Crippen LogP) is 2.78. The Hall–Kier alpha value is -1.56. The van der Waals surface area contributed by atoms with Crippen LogP contribution in [0.1, 0.15) is 30.1 Å². The quantitative estimate of drug-likeness (QED) is 0.905. The Labute approximate surface area is 132 Å². The van der Waals surface area contributed by atoms with E-state index in [2.05, 4.69) is 15.9 Å². The van der Waals surface area contributed by atoms with Crippen molar-refractivity contribution in [3.05, 3.63) is 28.2 Å². The summed E-state index contributed by atoms with van der Waals surface area (Å²) in [6, 6.07) is 4.33. The topological polar surface area (TPSA) is 66.8 Å². The van der Waals surface area contributed by atoms with Gasteiger partial charge >= 0.3 is 5.97 Å². The van der Waals surface area contributed by atoms with Gasteiger partial charge in [-0.3, -0.25) is 4.79 Å². The molecule has 1 N–H and O–H groups in total. The summed E-state index contributed by atoms with van der Waals surface area (Å²) in [6.45, 7) is 2.33. The molecule has 1 amide bonds. The molecular formula is C15H18BrNO4. The zero-order chi connectivity index (χ0) is 15.6. The molecule has 21 heavy (non-hydrogen) atoms. The molecule has 1 aliphatic rings. The monoisotopic (exact) mass is 355 g/mol. The van der Waals surface area contributed by atoms with Crippen LogP contribution in [-0.4, -0.2) is 41.6 Å². The maximum Gasteiger partial charge on any atom is 0.326 e.